The van der Waals surface area contributed by atoms with E-state index in [1.807, 2.05) is 0 Å². The minimum Gasteiger partial charge on any atom is -0.466 e. The Hall–Kier alpha value is -0.320. The second-order valence-electron chi connectivity index (χ2n) is 6.26. The van der Waals surface area contributed by atoms with Crippen LogP contribution in [0.5, 0.6) is 0 Å². The second kappa shape index (κ2) is 5.98. The largest absolute Gasteiger partial charge is 0.466 e. The van der Waals surface area contributed by atoms with Gasteiger partial charge in [-0.1, -0.05) is 20.8 Å². The maximum absolute atomic E-state index is 13.3. The first-order valence-electron chi connectivity index (χ1n) is 6.79. The van der Waals surface area contributed by atoms with Gasteiger partial charge in [-0.05, 0) is 19.8 Å². The van der Waals surface area contributed by atoms with Gasteiger partial charge >= 0.3 is 5.97 Å². The number of hydrogen-bond donors (Lipinski definition) is 0. The van der Waals surface area contributed by atoms with Crippen LogP contribution in [0, 0.1) is 5.41 Å². The minimum absolute atomic E-state index is 0.0134. The van der Waals surface area contributed by atoms with Crippen molar-refractivity contribution in [1.82, 2.24) is 0 Å². The maximum atomic E-state index is 13.3. The van der Waals surface area contributed by atoms with E-state index in [4.69, 9.17) is 4.74 Å². The highest BCUT2D eigenvalue weighted by atomic mass is 32.2. The zero-order valence-electron chi connectivity index (χ0n) is 12.2. The molecule has 0 bridgehead atoms. The number of ether oxygens (including phenoxy) is 1. The van der Waals surface area contributed by atoms with Crippen LogP contribution in [0.2, 0.25) is 0 Å². The second-order valence-corrected chi connectivity index (χ2v) is 8.06. The predicted octanol–water partition coefficient (Wildman–Crippen LogP) is 4.28. The van der Waals surface area contributed by atoms with Crippen molar-refractivity contribution in [2.45, 2.75) is 64.0 Å². The van der Waals surface area contributed by atoms with E-state index < -0.39 is 11.3 Å². The summed E-state index contributed by atoms with van der Waals surface area (Å²) in [5.41, 5.74) is -0.727. The van der Waals surface area contributed by atoms with Gasteiger partial charge < -0.3 is 4.74 Å². The molecule has 0 amide bonds. The topological polar surface area (TPSA) is 26.3 Å². The molecule has 1 fully saturated rings. The number of hydrogen-bond acceptors (Lipinski definition) is 3. The van der Waals surface area contributed by atoms with Gasteiger partial charge in [0.25, 0.3) is 0 Å². The van der Waals surface area contributed by atoms with Crippen LogP contribution in [0.25, 0.3) is 0 Å². The highest BCUT2D eigenvalue weighted by molar-refractivity contribution is 8.00. The lowest BCUT2D eigenvalue weighted by atomic mass is 9.74. The number of thioether (sulfide) groups is 1. The third kappa shape index (κ3) is 4.93. The Labute approximate surface area is 118 Å². The first-order valence-corrected chi connectivity index (χ1v) is 7.78. The summed E-state index contributed by atoms with van der Waals surface area (Å²) < 4.78 is 31.8. The molecule has 0 aromatic heterocycles. The zero-order valence-corrected chi connectivity index (χ0v) is 13.0. The summed E-state index contributed by atoms with van der Waals surface area (Å²) in [5, 5.41) is 0. The molecule has 19 heavy (non-hydrogen) atoms. The zero-order chi connectivity index (χ0) is 14.7. The summed E-state index contributed by atoms with van der Waals surface area (Å²) in [4.78, 5) is 12.2. The summed E-state index contributed by atoms with van der Waals surface area (Å²) in [6, 6.07) is 0. The van der Waals surface area contributed by atoms with Crippen molar-refractivity contribution < 1.29 is 18.3 Å². The molecule has 1 aliphatic carbocycles. The van der Waals surface area contributed by atoms with Crippen molar-refractivity contribution in [3.05, 3.63) is 0 Å². The molecule has 0 unspecified atom stereocenters. The van der Waals surface area contributed by atoms with Gasteiger partial charge in [0.15, 0.2) is 0 Å². The molecule has 2 nitrogen and oxygen atoms in total. The number of alkyl halides is 2. The van der Waals surface area contributed by atoms with E-state index in [-0.39, 0.29) is 36.4 Å². The van der Waals surface area contributed by atoms with Crippen LogP contribution in [0.3, 0.4) is 0 Å². The normalized spacial score (nSPS) is 22.0. The van der Waals surface area contributed by atoms with Gasteiger partial charge in [0.2, 0.25) is 5.92 Å². The van der Waals surface area contributed by atoms with Crippen LogP contribution in [-0.4, -0.2) is 29.0 Å². The molecule has 0 saturated heterocycles. The first kappa shape index (κ1) is 16.7. The average molecular weight is 294 g/mol. The Bertz CT molecular complexity index is 314. The van der Waals surface area contributed by atoms with Crippen molar-refractivity contribution >= 4 is 17.7 Å². The Morgan fingerprint density at radius 2 is 1.74 bits per heavy atom. The summed E-state index contributed by atoms with van der Waals surface area (Å²) in [6.45, 7) is 8.24. The van der Waals surface area contributed by atoms with Gasteiger partial charge in [-0.15, -0.1) is 0 Å². The Morgan fingerprint density at radius 3 is 2.16 bits per heavy atom. The molecule has 0 spiro atoms. The molecule has 5 heteroatoms. The Balaban J connectivity index is 2.77. The minimum atomic E-state index is -2.62. The SMILES string of the molecule is CCOC(=O)C1(CSC(C)(C)C)CCC(F)(F)CC1. The van der Waals surface area contributed by atoms with E-state index in [0.29, 0.717) is 12.4 Å². The molecule has 1 aliphatic rings. The molecule has 0 radical (unpaired) electrons. The lowest BCUT2D eigenvalue weighted by Gasteiger charge is -2.39. The standard InChI is InChI=1S/C14H24F2O2S/c1-5-18-11(17)13(10-19-12(2,3)4)6-8-14(15,16)9-7-13/h5-10H2,1-4H3. The van der Waals surface area contributed by atoms with Crippen LogP contribution in [0.4, 0.5) is 8.78 Å². The van der Waals surface area contributed by atoms with Crippen LogP contribution in [0.15, 0.2) is 0 Å². The van der Waals surface area contributed by atoms with E-state index in [1.165, 1.54) is 0 Å². The van der Waals surface area contributed by atoms with Crippen LogP contribution < -0.4 is 0 Å². The Kier molecular flexibility index (Phi) is 5.27. The first-order chi connectivity index (χ1) is 8.60. The lowest BCUT2D eigenvalue weighted by Crippen LogP contribution is -2.42. The van der Waals surface area contributed by atoms with Gasteiger partial charge in [-0.2, -0.15) is 11.8 Å². The third-order valence-corrected chi connectivity index (χ3v) is 4.99. The van der Waals surface area contributed by atoms with E-state index in [9.17, 15) is 13.6 Å². The fourth-order valence-electron chi connectivity index (χ4n) is 2.14. The molecule has 1 rings (SSSR count). The van der Waals surface area contributed by atoms with Crippen molar-refractivity contribution in [3.8, 4) is 0 Å². The molecule has 0 atom stereocenters. The molecular formula is C14H24F2O2S. The maximum Gasteiger partial charge on any atom is 0.312 e. The molecule has 0 N–H and O–H groups in total. The van der Waals surface area contributed by atoms with Gasteiger partial charge in [-0.3, -0.25) is 4.79 Å². The third-order valence-electron chi connectivity index (χ3n) is 3.43. The number of carbonyl (C=O) groups excluding carboxylic acids is 1. The highest BCUT2D eigenvalue weighted by Gasteiger charge is 2.49. The molecule has 1 saturated carbocycles. The van der Waals surface area contributed by atoms with Crippen molar-refractivity contribution in [2.75, 3.05) is 12.4 Å². The highest BCUT2D eigenvalue weighted by Crippen LogP contribution is 2.47. The van der Waals surface area contributed by atoms with Gasteiger partial charge in [0, 0.05) is 23.3 Å². The van der Waals surface area contributed by atoms with Crippen molar-refractivity contribution in [2.24, 2.45) is 5.41 Å². The van der Waals surface area contributed by atoms with Gasteiger partial charge in [0.05, 0.1) is 12.0 Å². The number of halogens is 2. The van der Waals surface area contributed by atoms with E-state index in [1.54, 1.807) is 18.7 Å². The number of carbonyl (C=O) groups is 1. The fraction of sp³-hybridized carbons (Fsp3) is 0.929. The van der Waals surface area contributed by atoms with Crippen molar-refractivity contribution in [3.63, 3.8) is 0 Å². The fourth-order valence-corrected chi connectivity index (χ4v) is 3.26. The van der Waals surface area contributed by atoms with Crippen LogP contribution in [0.1, 0.15) is 53.4 Å². The molecule has 0 aromatic rings. The van der Waals surface area contributed by atoms with E-state index in [2.05, 4.69) is 20.8 Å². The monoisotopic (exact) mass is 294 g/mol. The van der Waals surface area contributed by atoms with E-state index >= 15 is 0 Å². The van der Waals surface area contributed by atoms with Gasteiger partial charge in [-0.25, -0.2) is 8.78 Å². The summed E-state index contributed by atoms with van der Waals surface area (Å²) in [6.07, 6.45) is 0.0247. The average Bonchev–Trinajstić information content (AvgIpc) is 2.27. The smallest absolute Gasteiger partial charge is 0.312 e. The van der Waals surface area contributed by atoms with Gasteiger partial charge in [0.1, 0.15) is 0 Å². The molecule has 0 heterocycles. The molecular weight excluding hydrogens is 270 g/mol. The summed E-state index contributed by atoms with van der Waals surface area (Å²) in [5.74, 6) is -2.37. The molecule has 0 aliphatic heterocycles. The quantitative estimate of drug-likeness (QED) is 0.724. The van der Waals surface area contributed by atoms with Crippen LogP contribution in [-0.2, 0) is 9.53 Å². The Morgan fingerprint density at radius 1 is 1.21 bits per heavy atom. The predicted molar refractivity (Wildman–Crippen MR) is 74.7 cm³/mol. The number of rotatable bonds is 4. The summed E-state index contributed by atoms with van der Waals surface area (Å²) in [7, 11) is 0. The van der Waals surface area contributed by atoms with Crippen LogP contribution >= 0.6 is 11.8 Å². The van der Waals surface area contributed by atoms with E-state index in [0.717, 1.165) is 0 Å². The number of esters is 1. The van der Waals surface area contributed by atoms with Crippen molar-refractivity contribution in [1.29, 1.82) is 0 Å². The summed E-state index contributed by atoms with van der Waals surface area (Å²) >= 11 is 1.65. The lowest BCUT2D eigenvalue weighted by molar-refractivity contribution is -0.160. The molecule has 112 valence electrons. The molecule has 0 aromatic carbocycles.